The zero-order valence-electron chi connectivity index (χ0n) is 13.5. The molecule has 0 unspecified atom stereocenters. The molecule has 0 atom stereocenters. The van der Waals surface area contributed by atoms with E-state index in [1.165, 1.54) is 24.2 Å². The van der Waals surface area contributed by atoms with Gasteiger partial charge in [0.15, 0.2) is 11.1 Å². The molecule has 0 saturated carbocycles. The maximum absolute atomic E-state index is 12.3. The van der Waals surface area contributed by atoms with Crippen LogP contribution in [0, 0.1) is 5.92 Å². The summed E-state index contributed by atoms with van der Waals surface area (Å²) in [5, 5.41) is 14.4. The molecule has 0 aliphatic carbocycles. The van der Waals surface area contributed by atoms with Crippen molar-refractivity contribution in [2.75, 3.05) is 12.3 Å². The van der Waals surface area contributed by atoms with Gasteiger partial charge < -0.3 is 10.4 Å². The minimum Gasteiger partial charge on any atom is -0.480 e. The molecule has 0 bridgehead atoms. The van der Waals surface area contributed by atoms with E-state index in [4.69, 9.17) is 5.11 Å². The number of fused-ring (bicyclic) bond motifs is 1. The molecule has 130 valence electrons. The normalized spacial score (nSPS) is 11.1. The molecule has 9 heteroatoms. The quantitative estimate of drug-likeness (QED) is 0.488. The molecule has 0 spiro atoms. The van der Waals surface area contributed by atoms with Crippen molar-refractivity contribution < 1.29 is 14.7 Å². The number of aromatic amines is 1. The number of pyridine rings is 1. The van der Waals surface area contributed by atoms with Crippen molar-refractivity contribution in [2.24, 2.45) is 5.92 Å². The highest BCUT2D eigenvalue weighted by molar-refractivity contribution is 7.99. The van der Waals surface area contributed by atoms with Crippen molar-refractivity contribution in [3.05, 3.63) is 28.2 Å². The number of aliphatic carboxylic acids is 1. The summed E-state index contributed by atoms with van der Waals surface area (Å²) in [6.45, 7) is 3.76. The minimum atomic E-state index is -1.18. The van der Waals surface area contributed by atoms with Gasteiger partial charge in [-0.15, -0.1) is 11.8 Å². The van der Waals surface area contributed by atoms with E-state index in [1.54, 1.807) is 4.52 Å². The van der Waals surface area contributed by atoms with Crippen LogP contribution in [0.4, 0.5) is 0 Å². The van der Waals surface area contributed by atoms with E-state index in [0.29, 0.717) is 10.9 Å². The monoisotopic (exact) mass is 352 g/mol. The lowest BCUT2D eigenvalue weighted by Crippen LogP contribution is -2.33. The Balaban J connectivity index is 2.24. The lowest BCUT2D eigenvalue weighted by atomic mass is 10.1. The lowest BCUT2D eigenvalue weighted by molar-refractivity contribution is -0.135. The van der Waals surface area contributed by atoms with Gasteiger partial charge in [-0.25, -0.2) is 9.50 Å². The lowest BCUT2D eigenvalue weighted by Gasteiger charge is -2.08. The first-order chi connectivity index (χ1) is 11.4. The Morgan fingerprint density at radius 3 is 2.88 bits per heavy atom. The number of carboxylic acid groups (broad SMARTS) is 1. The third kappa shape index (κ3) is 4.38. The second kappa shape index (κ2) is 8.00. The molecule has 1 amide bonds. The molecular formula is C15H20N4O4S. The first kappa shape index (κ1) is 18.1. The summed E-state index contributed by atoms with van der Waals surface area (Å²) in [6, 6.07) is 1.38. The van der Waals surface area contributed by atoms with Crippen LogP contribution in [0.1, 0.15) is 37.0 Å². The number of carboxylic acids is 1. The molecular weight excluding hydrogens is 332 g/mol. The maximum atomic E-state index is 12.3. The average Bonchev–Trinajstić information content (AvgIpc) is 2.98. The maximum Gasteiger partial charge on any atom is 0.322 e. The number of H-pyrrole nitrogens is 1. The Morgan fingerprint density at radius 1 is 1.46 bits per heavy atom. The molecule has 0 aliphatic heterocycles. The summed E-state index contributed by atoms with van der Waals surface area (Å²) in [4.78, 5) is 39.0. The number of thioether (sulfide) groups is 1. The fourth-order valence-corrected chi connectivity index (χ4v) is 3.18. The van der Waals surface area contributed by atoms with Crippen molar-refractivity contribution in [3.63, 3.8) is 0 Å². The highest BCUT2D eigenvalue weighted by atomic mass is 32.2. The molecule has 0 fully saturated rings. The molecule has 2 heterocycles. The molecule has 0 aromatic carbocycles. The number of aromatic nitrogens is 3. The largest absolute Gasteiger partial charge is 0.480 e. The summed E-state index contributed by atoms with van der Waals surface area (Å²) in [6.07, 6.45) is 3.51. The zero-order chi connectivity index (χ0) is 17.7. The SMILES string of the molecule is CC(C)CCCSc1cc(=O)c(C(=O)NCC(=O)O)c2nc[nH]n12. The number of amides is 1. The zero-order valence-corrected chi connectivity index (χ0v) is 14.4. The molecule has 3 N–H and O–H groups in total. The minimum absolute atomic E-state index is 0.163. The summed E-state index contributed by atoms with van der Waals surface area (Å²) in [7, 11) is 0. The van der Waals surface area contributed by atoms with E-state index >= 15 is 0 Å². The smallest absolute Gasteiger partial charge is 0.322 e. The number of nitrogens with zero attached hydrogens (tertiary/aromatic N) is 2. The Bertz CT molecular complexity index is 796. The highest BCUT2D eigenvalue weighted by Crippen LogP contribution is 2.20. The second-order valence-corrected chi connectivity index (χ2v) is 6.84. The molecule has 2 aromatic rings. The van der Waals surface area contributed by atoms with Crippen LogP contribution >= 0.6 is 11.8 Å². The summed E-state index contributed by atoms with van der Waals surface area (Å²) in [5.41, 5.74) is -0.447. The van der Waals surface area contributed by atoms with Crippen LogP contribution in [0.5, 0.6) is 0 Å². The van der Waals surface area contributed by atoms with E-state index in [2.05, 4.69) is 29.2 Å². The molecule has 24 heavy (non-hydrogen) atoms. The van der Waals surface area contributed by atoms with Crippen molar-refractivity contribution in [1.82, 2.24) is 19.9 Å². The molecule has 0 radical (unpaired) electrons. The van der Waals surface area contributed by atoms with Gasteiger partial charge >= 0.3 is 5.97 Å². The Kier molecular flexibility index (Phi) is 6.02. The average molecular weight is 352 g/mol. The number of carbonyl (C=O) groups excluding carboxylic acids is 1. The number of hydrogen-bond acceptors (Lipinski definition) is 5. The summed E-state index contributed by atoms with van der Waals surface area (Å²) >= 11 is 1.52. The van der Waals surface area contributed by atoms with E-state index < -0.39 is 23.9 Å². The Hall–Kier alpha value is -2.29. The van der Waals surface area contributed by atoms with Crippen LogP contribution in [0.25, 0.3) is 5.65 Å². The van der Waals surface area contributed by atoms with E-state index in [-0.39, 0.29) is 11.2 Å². The van der Waals surface area contributed by atoms with Gasteiger partial charge in [0.05, 0.1) is 0 Å². The van der Waals surface area contributed by atoms with Gasteiger partial charge in [0.2, 0.25) is 0 Å². The van der Waals surface area contributed by atoms with Crippen molar-refractivity contribution in [2.45, 2.75) is 31.7 Å². The number of hydrogen-bond donors (Lipinski definition) is 3. The Labute approximate surface area is 142 Å². The van der Waals surface area contributed by atoms with Crippen LogP contribution in [0.2, 0.25) is 0 Å². The van der Waals surface area contributed by atoms with Crippen LogP contribution in [-0.4, -0.2) is 43.9 Å². The number of nitrogens with one attached hydrogen (secondary N) is 2. The fraction of sp³-hybridized carbons (Fsp3) is 0.467. The van der Waals surface area contributed by atoms with Gasteiger partial charge in [0, 0.05) is 6.07 Å². The first-order valence-electron chi connectivity index (χ1n) is 7.62. The van der Waals surface area contributed by atoms with Gasteiger partial charge in [0.1, 0.15) is 23.5 Å². The van der Waals surface area contributed by atoms with Crippen molar-refractivity contribution in [3.8, 4) is 0 Å². The predicted octanol–water partition coefficient (Wildman–Crippen LogP) is 1.37. The molecule has 8 nitrogen and oxygen atoms in total. The van der Waals surface area contributed by atoms with E-state index in [0.717, 1.165) is 18.6 Å². The third-order valence-corrected chi connectivity index (χ3v) is 4.42. The van der Waals surface area contributed by atoms with Crippen LogP contribution in [-0.2, 0) is 4.79 Å². The number of carbonyl (C=O) groups is 2. The van der Waals surface area contributed by atoms with E-state index in [1.807, 2.05) is 0 Å². The van der Waals surface area contributed by atoms with Crippen molar-refractivity contribution >= 4 is 29.3 Å². The van der Waals surface area contributed by atoms with E-state index in [9.17, 15) is 14.4 Å². The topological polar surface area (TPSA) is 117 Å². The Morgan fingerprint density at radius 2 is 2.21 bits per heavy atom. The van der Waals surface area contributed by atoms with Crippen LogP contribution < -0.4 is 10.7 Å². The predicted molar refractivity (Wildman–Crippen MR) is 90.6 cm³/mol. The molecule has 0 aliphatic rings. The number of rotatable bonds is 8. The van der Waals surface area contributed by atoms with Gasteiger partial charge in [-0.2, -0.15) is 0 Å². The summed E-state index contributed by atoms with van der Waals surface area (Å²) < 4.78 is 1.57. The standard InChI is InChI=1S/C15H20N4O4S/c1-9(2)4-3-5-24-11-6-10(20)13(14-17-8-18-19(11)14)15(23)16-7-12(21)22/h6,8-9H,3-5,7H2,1-2H3,(H,16,23)(H,17,18)(H,21,22). The summed E-state index contributed by atoms with van der Waals surface area (Å²) in [5.74, 6) is -0.452. The van der Waals surface area contributed by atoms with Crippen LogP contribution in [0.15, 0.2) is 22.2 Å². The molecule has 2 aromatic heterocycles. The fourth-order valence-electron chi connectivity index (χ4n) is 2.20. The van der Waals surface area contributed by atoms with Gasteiger partial charge in [0.25, 0.3) is 5.91 Å². The third-order valence-electron chi connectivity index (χ3n) is 3.33. The van der Waals surface area contributed by atoms with Gasteiger partial charge in [-0.1, -0.05) is 20.3 Å². The van der Waals surface area contributed by atoms with Gasteiger partial charge in [-0.3, -0.25) is 19.5 Å². The first-order valence-corrected chi connectivity index (χ1v) is 8.60. The van der Waals surface area contributed by atoms with Crippen molar-refractivity contribution in [1.29, 1.82) is 0 Å². The molecule has 0 saturated heterocycles. The highest BCUT2D eigenvalue weighted by Gasteiger charge is 2.19. The van der Waals surface area contributed by atoms with Gasteiger partial charge in [-0.05, 0) is 18.1 Å². The van der Waals surface area contributed by atoms with Crippen LogP contribution in [0.3, 0.4) is 0 Å². The molecule has 2 rings (SSSR count). The second-order valence-electron chi connectivity index (χ2n) is 5.73.